The van der Waals surface area contributed by atoms with Crippen LogP contribution in [0.25, 0.3) is 10.9 Å². The Bertz CT molecular complexity index is 806. The van der Waals surface area contributed by atoms with Gasteiger partial charge in [0.15, 0.2) is 0 Å². The summed E-state index contributed by atoms with van der Waals surface area (Å²) in [6.45, 7) is 0. The molecule has 5 heteroatoms. The van der Waals surface area contributed by atoms with Gasteiger partial charge < -0.3 is 10.1 Å². The highest BCUT2D eigenvalue weighted by molar-refractivity contribution is 6.18. The van der Waals surface area contributed by atoms with Gasteiger partial charge in [-0.2, -0.15) is 0 Å². The van der Waals surface area contributed by atoms with Crippen molar-refractivity contribution in [1.82, 2.24) is 9.97 Å². The lowest BCUT2D eigenvalue weighted by atomic mass is 10.0. The number of benzene rings is 1. The maximum absolute atomic E-state index is 12.4. The molecule has 3 rings (SSSR count). The third-order valence-corrected chi connectivity index (χ3v) is 3.09. The van der Waals surface area contributed by atoms with Crippen LogP contribution in [-0.4, -0.2) is 26.8 Å². The number of carbonyl (C=O) groups excluding carboxylic acids is 1. The number of para-hydroxylation sites is 1. The van der Waals surface area contributed by atoms with Crippen LogP contribution >= 0.6 is 0 Å². The Morgan fingerprint density at radius 3 is 2.45 bits per heavy atom. The summed E-state index contributed by atoms with van der Waals surface area (Å²) in [7, 11) is 0. The molecule has 0 spiro atoms. The molecule has 0 radical (unpaired) electrons. The van der Waals surface area contributed by atoms with Crippen molar-refractivity contribution in [3.8, 4) is 0 Å². The Morgan fingerprint density at radius 2 is 1.75 bits per heavy atom. The second-order valence-corrected chi connectivity index (χ2v) is 4.29. The van der Waals surface area contributed by atoms with Crippen molar-refractivity contribution in [1.29, 1.82) is 0 Å². The summed E-state index contributed by atoms with van der Waals surface area (Å²) in [5.74, 6) is -1.49. The highest BCUT2D eigenvalue weighted by Gasteiger charge is 2.23. The molecule has 5 nitrogen and oxygen atoms in total. The molecule has 2 N–H and O–H groups in total. The van der Waals surface area contributed by atoms with Crippen molar-refractivity contribution >= 4 is 22.7 Å². The maximum atomic E-state index is 12.4. The number of H-pyrrole nitrogens is 1. The number of carboxylic acid groups (broad SMARTS) is 1. The van der Waals surface area contributed by atoms with Crippen LogP contribution in [0.4, 0.5) is 0 Å². The van der Waals surface area contributed by atoms with Crippen molar-refractivity contribution in [2.45, 2.75) is 0 Å². The van der Waals surface area contributed by atoms with E-state index in [-0.39, 0.29) is 17.0 Å². The van der Waals surface area contributed by atoms with Gasteiger partial charge in [-0.05, 0) is 18.2 Å². The Balaban J connectivity index is 2.24. The molecule has 0 saturated carbocycles. The summed E-state index contributed by atoms with van der Waals surface area (Å²) in [6.07, 6.45) is 2.99. The van der Waals surface area contributed by atoms with Crippen molar-refractivity contribution in [3.63, 3.8) is 0 Å². The van der Waals surface area contributed by atoms with Crippen LogP contribution in [0.15, 0.2) is 48.8 Å². The first-order valence-corrected chi connectivity index (χ1v) is 5.97. The molecular formula is C15H10N2O3. The van der Waals surface area contributed by atoms with Gasteiger partial charge in [0.05, 0.1) is 5.56 Å². The Morgan fingerprint density at radius 1 is 1.05 bits per heavy atom. The van der Waals surface area contributed by atoms with E-state index in [4.69, 9.17) is 0 Å². The zero-order valence-electron chi connectivity index (χ0n) is 10.3. The van der Waals surface area contributed by atoms with Crippen LogP contribution in [0.5, 0.6) is 0 Å². The number of pyridine rings is 1. The fourth-order valence-electron chi connectivity index (χ4n) is 2.18. The Kier molecular flexibility index (Phi) is 2.80. The second kappa shape index (κ2) is 4.62. The SMILES string of the molecule is O=C(c1ccncc1)c1[nH]c2ccccc2c1C(=O)O. The number of nitrogens with one attached hydrogen (secondary N) is 1. The van der Waals surface area contributed by atoms with Gasteiger partial charge in [0, 0.05) is 28.9 Å². The number of hydrogen-bond donors (Lipinski definition) is 2. The molecular weight excluding hydrogens is 256 g/mol. The predicted octanol–water partition coefficient (Wildman–Crippen LogP) is 2.49. The lowest BCUT2D eigenvalue weighted by molar-refractivity contribution is 0.0695. The second-order valence-electron chi connectivity index (χ2n) is 4.29. The standard InChI is InChI=1S/C15H10N2O3/c18-14(9-5-7-16-8-6-9)13-12(15(19)20)10-3-1-2-4-11(10)17-13/h1-8,17H,(H,19,20). The number of aromatic amines is 1. The predicted molar refractivity (Wildman–Crippen MR) is 72.9 cm³/mol. The molecule has 20 heavy (non-hydrogen) atoms. The summed E-state index contributed by atoms with van der Waals surface area (Å²) in [4.78, 5) is 30.6. The van der Waals surface area contributed by atoms with E-state index in [1.807, 2.05) is 0 Å². The van der Waals surface area contributed by atoms with Crippen molar-refractivity contribution in [2.75, 3.05) is 0 Å². The van der Waals surface area contributed by atoms with Crippen molar-refractivity contribution < 1.29 is 14.7 Å². The summed E-state index contributed by atoms with van der Waals surface area (Å²) in [6, 6.07) is 10.1. The molecule has 3 aromatic rings. The molecule has 2 heterocycles. The number of aromatic nitrogens is 2. The lowest BCUT2D eigenvalue weighted by Gasteiger charge is -2.00. The van der Waals surface area contributed by atoms with Crippen LogP contribution in [0.2, 0.25) is 0 Å². The number of aromatic carboxylic acids is 1. The molecule has 0 unspecified atom stereocenters. The van der Waals surface area contributed by atoms with Crippen LogP contribution in [0, 0.1) is 0 Å². The third kappa shape index (κ3) is 1.85. The minimum atomic E-state index is -1.13. The first kappa shape index (κ1) is 12.1. The van der Waals surface area contributed by atoms with Crippen LogP contribution in [0.3, 0.4) is 0 Å². The summed E-state index contributed by atoms with van der Waals surface area (Å²) in [5.41, 5.74) is 1.11. The molecule has 0 bridgehead atoms. The van der Waals surface area contributed by atoms with Gasteiger partial charge in [-0.1, -0.05) is 18.2 Å². The summed E-state index contributed by atoms with van der Waals surface area (Å²) < 4.78 is 0. The molecule has 1 aromatic carbocycles. The fraction of sp³-hybridized carbons (Fsp3) is 0. The Labute approximate surface area is 113 Å². The van der Waals surface area contributed by atoms with E-state index in [2.05, 4.69) is 9.97 Å². The lowest BCUT2D eigenvalue weighted by Crippen LogP contribution is -2.08. The van der Waals surface area contributed by atoms with Gasteiger partial charge in [0.1, 0.15) is 5.69 Å². The average molecular weight is 266 g/mol. The molecule has 0 aliphatic rings. The zero-order chi connectivity index (χ0) is 14.1. The number of rotatable bonds is 3. The normalized spacial score (nSPS) is 10.6. The van der Waals surface area contributed by atoms with Crippen LogP contribution in [0.1, 0.15) is 26.4 Å². The highest BCUT2D eigenvalue weighted by Crippen LogP contribution is 2.24. The fourth-order valence-corrected chi connectivity index (χ4v) is 2.18. The minimum absolute atomic E-state index is 0.00223. The molecule has 2 aromatic heterocycles. The van der Waals surface area contributed by atoms with Gasteiger partial charge in [-0.25, -0.2) is 4.79 Å². The van der Waals surface area contributed by atoms with Crippen molar-refractivity contribution in [3.05, 3.63) is 65.6 Å². The molecule has 0 fully saturated rings. The Hall–Kier alpha value is -2.95. The van der Waals surface area contributed by atoms with E-state index < -0.39 is 5.97 Å². The van der Waals surface area contributed by atoms with E-state index >= 15 is 0 Å². The summed E-state index contributed by atoms with van der Waals surface area (Å²) in [5, 5.41) is 9.89. The van der Waals surface area contributed by atoms with Crippen LogP contribution < -0.4 is 0 Å². The molecule has 0 atom stereocenters. The monoisotopic (exact) mass is 266 g/mol. The third-order valence-electron chi connectivity index (χ3n) is 3.09. The molecule has 0 saturated heterocycles. The van der Waals surface area contributed by atoms with Gasteiger partial charge in [-0.3, -0.25) is 9.78 Å². The number of fused-ring (bicyclic) bond motifs is 1. The van der Waals surface area contributed by atoms with Crippen molar-refractivity contribution in [2.24, 2.45) is 0 Å². The van der Waals surface area contributed by atoms with E-state index in [1.165, 1.54) is 12.4 Å². The minimum Gasteiger partial charge on any atom is -0.478 e. The summed E-state index contributed by atoms with van der Waals surface area (Å²) >= 11 is 0. The van der Waals surface area contributed by atoms with Gasteiger partial charge in [-0.15, -0.1) is 0 Å². The molecule has 0 aliphatic carbocycles. The smallest absolute Gasteiger partial charge is 0.338 e. The first-order valence-electron chi connectivity index (χ1n) is 5.97. The topological polar surface area (TPSA) is 83.0 Å². The first-order chi connectivity index (χ1) is 9.68. The van der Waals surface area contributed by atoms with E-state index in [0.717, 1.165) is 0 Å². The van der Waals surface area contributed by atoms with Gasteiger partial charge in [0.25, 0.3) is 0 Å². The number of hydrogen-bond acceptors (Lipinski definition) is 3. The maximum Gasteiger partial charge on any atom is 0.338 e. The number of ketones is 1. The zero-order valence-corrected chi connectivity index (χ0v) is 10.3. The highest BCUT2D eigenvalue weighted by atomic mass is 16.4. The van der Waals surface area contributed by atoms with E-state index in [0.29, 0.717) is 16.5 Å². The molecule has 0 aliphatic heterocycles. The quantitative estimate of drug-likeness (QED) is 0.713. The molecule has 0 amide bonds. The number of nitrogens with zero attached hydrogens (tertiary/aromatic N) is 1. The van der Waals surface area contributed by atoms with Gasteiger partial charge >= 0.3 is 5.97 Å². The largest absolute Gasteiger partial charge is 0.478 e. The molecule has 98 valence electrons. The van der Waals surface area contributed by atoms with Crippen LogP contribution in [-0.2, 0) is 0 Å². The van der Waals surface area contributed by atoms with E-state index in [1.54, 1.807) is 36.4 Å². The van der Waals surface area contributed by atoms with Gasteiger partial charge in [0.2, 0.25) is 5.78 Å². The average Bonchev–Trinajstić information content (AvgIpc) is 2.86. The van der Waals surface area contributed by atoms with E-state index in [9.17, 15) is 14.7 Å². The number of carboxylic acids is 1. The number of carbonyl (C=O) groups is 2.